The second-order valence-corrected chi connectivity index (χ2v) is 8.13. The van der Waals surface area contributed by atoms with Crippen LogP contribution in [-0.2, 0) is 9.47 Å². The molecule has 1 aliphatic carbocycles. The normalized spacial score (nSPS) is 26.0. The molecule has 7 nitrogen and oxygen atoms in total. The van der Waals surface area contributed by atoms with E-state index in [0.717, 1.165) is 36.1 Å². The molecule has 2 aliphatic heterocycles. The third kappa shape index (κ3) is 3.33. The van der Waals surface area contributed by atoms with E-state index < -0.39 is 0 Å². The standard InChI is InChI=1S/C21H20ClN3O4/c22-14-9-15-20(24-18(14)11-1-3-12(4-2-11)28-13-5-6-13)25-21(23-15)29-17-10-27-16-7-8-26-19(16)17/h1-4,9,13,16-17,19H,5-8,10H2,(H,23,24,25). The maximum absolute atomic E-state index is 6.50. The molecule has 4 heterocycles. The van der Waals surface area contributed by atoms with Gasteiger partial charge in [0.05, 0.1) is 35.0 Å². The summed E-state index contributed by atoms with van der Waals surface area (Å²) in [5, 5.41) is 0.548. The molecule has 3 aromatic rings. The Hall–Kier alpha value is -2.35. The van der Waals surface area contributed by atoms with Crippen LogP contribution < -0.4 is 9.47 Å². The number of imidazole rings is 1. The molecule has 3 aliphatic rings. The van der Waals surface area contributed by atoms with E-state index in [1.807, 2.05) is 30.3 Å². The third-order valence-corrected chi connectivity index (χ3v) is 5.83. The van der Waals surface area contributed by atoms with Crippen LogP contribution in [0, 0.1) is 0 Å². The predicted molar refractivity (Wildman–Crippen MR) is 106 cm³/mol. The van der Waals surface area contributed by atoms with E-state index in [0.29, 0.717) is 41.7 Å². The van der Waals surface area contributed by atoms with Gasteiger partial charge in [-0.25, -0.2) is 4.98 Å². The molecule has 1 saturated carbocycles. The maximum atomic E-state index is 6.50. The Morgan fingerprint density at radius 1 is 1.03 bits per heavy atom. The van der Waals surface area contributed by atoms with Gasteiger partial charge in [0.2, 0.25) is 0 Å². The van der Waals surface area contributed by atoms with Crippen molar-refractivity contribution in [3.8, 4) is 23.0 Å². The lowest BCUT2D eigenvalue weighted by molar-refractivity contribution is 0.0273. The number of hydrogen-bond donors (Lipinski definition) is 1. The van der Waals surface area contributed by atoms with E-state index >= 15 is 0 Å². The molecule has 2 saturated heterocycles. The molecule has 0 spiro atoms. The summed E-state index contributed by atoms with van der Waals surface area (Å²) in [4.78, 5) is 12.3. The van der Waals surface area contributed by atoms with Gasteiger partial charge in [0, 0.05) is 12.2 Å². The largest absolute Gasteiger partial charge is 0.490 e. The Bertz CT molecular complexity index is 1050. The van der Waals surface area contributed by atoms with E-state index in [4.69, 9.17) is 30.5 Å². The molecule has 3 atom stereocenters. The van der Waals surface area contributed by atoms with Gasteiger partial charge in [-0.05, 0) is 49.6 Å². The summed E-state index contributed by atoms with van der Waals surface area (Å²) in [6.07, 6.45) is 3.47. The molecule has 0 amide bonds. The zero-order chi connectivity index (χ0) is 19.4. The molecule has 6 rings (SSSR count). The van der Waals surface area contributed by atoms with Gasteiger partial charge in [0.25, 0.3) is 6.01 Å². The van der Waals surface area contributed by atoms with Crippen LogP contribution in [0.2, 0.25) is 5.02 Å². The second-order valence-electron chi connectivity index (χ2n) is 7.73. The number of H-pyrrole nitrogens is 1. The molecular formula is C21H20ClN3O4. The first-order chi connectivity index (χ1) is 14.2. The number of aromatic amines is 1. The highest BCUT2D eigenvalue weighted by molar-refractivity contribution is 6.33. The molecule has 2 aromatic heterocycles. The van der Waals surface area contributed by atoms with E-state index in [1.54, 1.807) is 0 Å². The minimum atomic E-state index is -0.169. The Kier molecular flexibility index (Phi) is 4.14. The van der Waals surface area contributed by atoms with Crippen LogP contribution in [0.4, 0.5) is 0 Å². The zero-order valence-corrected chi connectivity index (χ0v) is 16.4. The van der Waals surface area contributed by atoms with Crippen LogP contribution in [0.15, 0.2) is 30.3 Å². The Labute approximate surface area is 172 Å². The van der Waals surface area contributed by atoms with Crippen LogP contribution in [0.3, 0.4) is 0 Å². The van der Waals surface area contributed by atoms with Crippen molar-refractivity contribution in [1.82, 2.24) is 15.0 Å². The monoisotopic (exact) mass is 413 g/mol. The van der Waals surface area contributed by atoms with Crippen LogP contribution in [-0.4, -0.2) is 52.6 Å². The molecular weight excluding hydrogens is 394 g/mol. The fourth-order valence-corrected chi connectivity index (χ4v) is 4.16. The molecule has 0 bridgehead atoms. The minimum Gasteiger partial charge on any atom is -0.490 e. The number of halogens is 1. The summed E-state index contributed by atoms with van der Waals surface area (Å²) in [6.45, 7) is 1.21. The van der Waals surface area contributed by atoms with Crippen molar-refractivity contribution in [2.24, 2.45) is 0 Å². The van der Waals surface area contributed by atoms with Gasteiger partial charge in [0.15, 0.2) is 11.8 Å². The highest BCUT2D eigenvalue weighted by atomic mass is 35.5. The number of aromatic nitrogens is 3. The quantitative estimate of drug-likeness (QED) is 0.686. The van der Waals surface area contributed by atoms with Crippen molar-refractivity contribution in [3.63, 3.8) is 0 Å². The van der Waals surface area contributed by atoms with Crippen molar-refractivity contribution in [3.05, 3.63) is 35.4 Å². The van der Waals surface area contributed by atoms with Gasteiger partial charge in [-0.3, -0.25) is 0 Å². The molecule has 1 N–H and O–H groups in total. The van der Waals surface area contributed by atoms with Crippen molar-refractivity contribution in [2.75, 3.05) is 13.2 Å². The predicted octanol–water partition coefficient (Wildman–Crippen LogP) is 3.75. The van der Waals surface area contributed by atoms with E-state index in [2.05, 4.69) is 15.0 Å². The number of hydrogen-bond acceptors (Lipinski definition) is 6. The molecule has 0 radical (unpaired) electrons. The first kappa shape index (κ1) is 17.5. The van der Waals surface area contributed by atoms with Crippen molar-refractivity contribution in [1.29, 1.82) is 0 Å². The summed E-state index contributed by atoms with van der Waals surface area (Å²) >= 11 is 6.50. The summed E-state index contributed by atoms with van der Waals surface area (Å²) in [5.41, 5.74) is 2.88. The van der Waals surface area contributed by atoms with Crippen molar-refractivity contribution >= 4 is 22.8 Å². The Balaban J connectivity index is 1.25. The Morgan fingerprint density at radius 2 is 1.90 bits per heavy atom. The molecule has 3 fully saturated rings. The fourth-order valence-electron chi connectivity index (χ4n) is 3.90. The number of nitrogens with one attached hydrogen (secondary N) is 1. The highest BCUT2D eigenvalue weighted by Crippen LogP contribution is 2.33. The number of nitrogens with zero attached hydrogens (tertiary/aromatic N) is 2. The number of pyridine rings is 1. The van der Waals surface area contributed by atoms with E-state index in [-0.39, 0.29) is 18.3 Å². The highest BCUT2D eigenvalue weighted by Gasteiger charge is 2.43. The SMILES string of the molecule is Clc1cc2[nH]c(OC3COC4CCOC43)nc2nc1-c1ccc(OC2CC2)cc1. The summed E-state index contributed by atoms with van der Waals surface area (Å²) < 4.78 is 23.3. The topological polar surface area (TPSA) is 78.5 Å². The van der Waals surface area contributed by atoms with Crippen LogP contribution in [0.1, 0.15) is 19.3 Å². The first-order valence-corrected chi connectivity index (χ1v) is 10.3. The van der Waals surface area contributed by atoms with Crippen LogP contribution in [0.25, 0.3) is 22.4 Å². The van der Waals surface area contributed by atoms with Gasteiger partial charge < -0.3 is 23.9 Å². The number of rotatable bonds is 5. The summed E-state index contributed by atoms with van der Waals surface area (Å²) in [6, 6.07) is 10.1. The maximum Gasteiger partial charge on any atom is 0.296 e. The second kappa shape index (κ2) is 6.86. The lowest BCUT2D eigenvalue weighted by Gasteiger charge is -2.15. The van der Waals surface area contributed by atoms with Gasteiger partial charge >= 0.3 is 0 Å². The van der Waals surface area contributed by atoms with E-state index in [9.17, 15) is 0 Å². The molecule has 29 heavy (non-hydrogen) atoms. The zero-order valence-electron chi connectivity index (χ0n) is 15.6. The molecule has 3 unspecified atom stereocenters. The summed E-state index contributed by atoms with van der Waals surface area (Å²) in [7, 11) is 0. The average Bonchev–Trinajstić information content (AvgIpc) is 3.11. The lowest BCUT2D eigenvalue weighted by Crippen LogP contribution is -2.32. The number of benzene rings is 1. The van der Waals surface area contributed by atoms with Crippen molar-refractivity contribution < 1.29 is 18.9 Å². The van der Waals surface area contributed by atoms with Crippen LogP contribution >= 0.6 is 11.6 Å². The minimum absolute atomic E-state index is 0.0355. The smallest absolute Gasteiger partial charge is 0.296 e. The van der Waals surface area contributed by atoms with Gasteiger partial charge in [-0.1, -0.05) is 11.6 Å². The third-order valence-electron chi connectivity index (χ3n) is 5.54. The average molecular weight is 414 g/mol. The van der Waals surface area contributed by atoms with Crippen LogP contribution in [0.5, 0.6) is 11.8 Å². The number of ether oxygens (including phenoxy) is 4. The van der Waals surface area contributed by atoms with Gasteiger partial charge in [-0.15, -0.1) is 0 Å². The lowest BCUT2D eigenvalue weighted by atomic mass is 10.1. The Morgan fingerprint density at radius 3 is 2.72 bits per heavy atom. The summed E-state index contributed by atoms with van der Waals surface area (Å²) in [5.74, 6) is 0.870. The number of fused-ring (bicyclic) bond motifs is 2. The van der Waals surface area contributed by atoms with Crippen molar-refractivity contribution in [2.45, 2.75) is 43.7 Å². The van der Waals surface area contributed by atoms with Gasteiger partial charge in [0.1, 0.15) is 11.9 Å². The fraction of sp³-hybridized carbons (Fsp3) is 0.429. The van der Waals surface area contributed by atoms with Gasteiger partial charge in [-0.2, -0.15) is 4.98 Å². The van der Waals surface area contributed by atoms with E-state index in [1.165, 1.54) is 0 Å². The molecule has 1 aromatic carbocycles. The molecule has 8 heteroatoms. The first-order valence-electron chi connectivity index (χ1n) is 9.96. The molecule has 150 valence electrons.